The Morgan fingerprint density at radius 1 is 1.20 bits per heavy atom. The summed E-state index contributed by atoms with van der Waals surface area (Å²) in [5, 5.41) is 3.22. The maximum atomic E-state index is 12.7. The third-order valence-corrected chi connectivity index (χ3v) is 5.19. The van der Waals surface area contributed by atoms with Crippen molar-refractivity contribution in [2.75, 3.05) is 10.2 Å². The molecule has 0 unspecified atom stereocenters. The molecule has 1 aliphatic heterocycles. The van der Waals surface area contributed by atoms with E-state index in [4.69, 9.17) is 4.98 Å². The van der Waals surface area contributed by atoms with Crippen LogP contribution in [0.1, 0.15) is 43.4 Å². The number of benzene rings is 2. The summed E-state index contributed by atoms with van der Waals surface area (Å²) in [6.07, 6.45) is 2.14. The molecule has 5 nitrogen and oxygen atoms in total. The van der Waals surface area contributed by atoms with Crippen LogP contribution in [0, 0.1) is 0 Å². The average Bonchev–Trinajstić information content (AvgIpc) is 3.02. The Morgan fingerprint density at radius 3 is 2.77 bits per heavy atom. The average molecular weight is 399 g/mol. The molecule has 2 aromatic carbocycles. The molecule has 0 bridgehead atoms. The van der Waals surface area contributed by atoms with Crippen molar-refractivity contribution < 1.29 is 4.79 Å². The van der Waals surface area contributed by atoms with Gasteiger partial charge in [-0.3, -0.25) is 9.69 Å². The van der Waals surface area contributed by atoms with Gasteiger partial charge in [-0.15, -0.1) is 0 Å². The maximum Gasteiger partial charge on any atom is 0.233 e. The predicted molar refractivity (Wildman–Crippen MR) is 121 cm³/mol. The van der Waals surface area contributed by atoms with Gasteiger partial charge in [0.1, 0.15) is 5.82 Å². The van der Waals surface area contributed by atoms with Gasteiger partial charge in [0.25, 0.3) is 0 Å². The minimum absolute atomic E-state index is 0.0480. The molecular formula is C25H26N4O. The topological polar surface area (TPSA) is 58.1 Å². The second-order valence-electron chi connectivity index (χ2n) is 8.05. The number of hydrogen-bond donors (Lipinski definition) is 1. The van der Waals surface area contributed by atoms with Gasteiger partial charge in [-0.05, 0) is 36.1 Å². The molecule has 4 rings (SSSR count). The molecule has 30 heavy (non-hydrogen) atoms. The molecule has 0 spiro atoms. The van der Waals surface area contributed by atoms with Gasteiger partial charge in [-0.2, -0.15) is 0 Å². The van der Waals surface area contributed by atoms with Crippen molar-refractivity contribution in [1.29, 1.82) is 0 Å². The molecule has 1 amide bonds. The fraction of sp³-hybridized carbons (Fsp3) is 0.240. The van der Waals surface area contributed by atoms with E-state index in [2.05, 4.69) is 36.8 Å². The fourth-order valence-electron chi connectivity index (χ4n) is 3.81. The Bertz CT molecular complexity index is 1120. The first-order valence-electron chi connectivity index (χ1n) is 10.2. The summed E-state index contributed by atoms with van der Waals surface area (Å²) >= 11 is 0. The highest BCUT2D eigenvalue weighted by atomic mass is 16.2. The largest absolute Gasteiger partial charge is 0.360 e. The molecule has 0 aliphatic carbocycles. The van der Waals surface area contributed by atoms with Crippen molar-refractivity contribution in [3.8, 4) is 11.4 Å². The summed E-state index contributed by atoms with van der Waals surface area (Å²) in [6.45, 7) is 10.6. The van der Waals surface area contributed by atoms with Crippen molar-refractivity contribution in [1.82, 2.24) is 9.97 Å². The number of nitrogens with zero attached hydrogens (tertiary/aromatic N) is 3. The van der Waals surface area contributed by atoms with Crippen LogP contribution >= 0.6 is 0 Å². The zero-order chi connectivity index (χ0) is 21.3. The highest BCUT2D eigenvalue weighted by molar-refractivity contribution is 6.00. The van der Waals surface area contributed by atoms with E-state index in [1.54, 1.807) is 11.1 Å². The lowest BCUT2D eigenvalue weighted by molar-refractivity contribution is -0.117. The van der Waals surface area contributed by atoms with Gasteiger partial charge >= 0.3 is 0 Å². The molecule has 1 aliphatic rings. The Hall–Kier alpha value is -3.47. The number of carbonyl (C=O) groups is 1. The summed E-state index contributed by atoms with van der Waals surface area (Å²) in [5.41, 5.74) is 5.96. The molecule has 2 heterocycles. The molecule has 152 valence electrons. The Morgan fingerprint density at radius 2 is 2.00 bits per heavy atom. The van der Waals surface area contributed by atoms with Crippen LogP contribution in [0.15, 0.2) is 67.0 Å². The molecule has 1 N–H and O–H groups in total. The van der Waals surface area contributed by atoms with Gasteiger partial charge in [0.2, 0.25) is 5.91 Å². The maximum absolute atomic E-state index is 12.7. The third-order valence-electron chi connectivity index (χ3n) is 5.19. The second kappa shape index (κ2) is 8.11. The summed E-state index contributed by atoms with van der Waals surface area (Å²) in [5.74, 6) is 1.78. The molecule has 0 fully saturated rings. The number of anilines is 2. The number of carbonyl (C=O) groups excluding carboxylic acids is 1. The normalized spacial score (nSPS) is 12.9. The smallest absolute Gasteiger partial charge is 0.233 e. The Kier molecular flexibility index (Phi) is 5.36. The van der Waals surface area contributed by atoms with Crippen LogP contribution in [-0.4, -0.2) is 15.9 Å². The predicted octanol–water partition coefficient (Wildman–Crippen LogP) is 5.30. The lowest BCUT2D eigenvalue weighted by atomic mass is 9.97. The quantitative estimate of drug-likeness (QED) is 0.612. The van der Waals surface area contributed by atoms with E-state index in [1.807, 2.05) is 49.4 Å². The van der Waals surface area contributed by atoms with Crippen LogP contribution in [-0.2, 0) is 17.8 Å². The first-order valence-corrected chi connectivity index (χ1v) is 10.2. The number of hydrogen-bond acceptors (Lipinski definition) is 4. The summed E-state index contributed by atoms with van der Waals surface area (Å²) < 4.78 is 0. The van der Waals surface area contributed by atoms with Gasteiger partial charge in [0.05, 0.1) is 13.0 Å². The van der Waals surface area contributed by atoms with E-state index in [0.29, 0.717) is 30.5 Å². The first-order chi connectivity index (χ1) is 14.4. The van der Waals surface area contributed by atoms with Gasteiger partial charge in [-0.1, -0.05) is 56.8 Å². The number of nitrogens with one attached hydrogen (secondary N) is 1. The van der Waals surface area contributed by atoms with Gasteiger partial charge in [0, 0.05) is 28.7 Å². The number of rotatable bonds is 6. The van der Waals surface area contributed by atoms with Crippen molar-refractivity contribution in [3.05, 3.63) is 83.7 Å². The second-order valence-corrected chi connectivity index (χ2v) is 8.05. The van der Waals surface area contributed by atoms with E-state index in [9.17, 15) is 4.79 Å². The van der Waals surface area contributed by atoms with Gasteiger partial charge in [-0.25, -0.2) is 9.97 Å². The van der Waals surface area contributed by atoms with Gasteiger partial charge < -0.3 is 5.32 Å². The Balaban J connectivity index is 1.68. The first kappa shape index (κ1) is 19.8. The van der Waals surface area contributed by atoms with Gasteiger partial charge in [0.15, 0.2) is 5.82 Å². The number of fused-ring (bicyclic) bond motifs is 1. The van der Waals surface area contributed by atoms with E-state index in [0.717, 1.165) is 28.1 Å². The molecule has 0 atom stereocenters. The molecule has 5 heteroatoms. The molecule has 0 radical (unpaired) electrons. The Labute approximate surface area is 177 Å². The van der Waals surface area contributed by atoms with E-state index >= 15 is 0 Å². The lowest BCUT2D eigenvalue weighted by Gasteiger charge is -2.18. The van der Waals surface area contributed by atoms with Crippen LogP contribution in [0.5, 0.6) is 0 Å². The zero-order valence-corrected chi connectivity index (χ0v) is 17.6. The number of aromatic nitrogens is 2. The highest BCUT2D eigenvalue weighted by Gasteiger charge is 2.30. The van der Waals surface area contributed by atoms with Crippen LogP contribution in [0.25, 0.3) is 11.4 Å². The molecule has 0 saturated carbocycles. The minimum Gasteiger partial charge on any atom is -0.360 e. The van der Waals surface area contributed by atoms with E-state index in [1.165, 1.54) is 5.56 Å². The summed E-state index contributed by atoms with van der Waals surface area (Å²) in [7, 11) is 0. The minimum atomic E-state index is 0.0480. The summed E-state index contributed by atoms with van der Waals surface area (Å²) in [4.78, 5) is 23.9. The van der Waals surface area contributed by atoms with Crippen molar-refractivity contribution >= 4 is 17.4 Å². The molecule has 3 aromatic rings. The van der Waals surface area contributed by atoms with Crippen molar-refractivity contribution in [3.63, 3.8) is 0 Å². The van der Waals surface area contributed by atoms with Crippen molar-refractivity contribution in [2.45, 2.75) is 39.7 Å². The summed E-state index contributed by atoms with van der Waals surface area (Å²) in [6, 6.07) is 16.2. The molecule has 1 aromatic heterocycles. The molecule has 0 saturated heterocycles. The van der Waals surface area contributed by atoms with Crippen LogP contribution in [0.2, 0.25) is 0 Å². The third kappa shape index (κ3) is 3.96. The van der Waals surface area contributed by atoms with E-state index in [-0.39, 0.29) is 5.91 Å². The van der Waals surface area contributed by atoms with Crippen LogP contribution in [0.4, 0.5) is 11.5 Å². The monoisotopic (exact) mass is 398 g/mol. The number of allylic oxidation sites excluding steroid dienone is 1. The van der Waals surface area contributed by atoms with Crippen molar-refractivity contribution in [2.24, 2.45) is 0 Å². The number of amides is 1. The SMILES string of the molecule is C=C(C)Nc1cccc(CN2C(=O)Cc3cnc(-c4ccccc4C(C)C)nc32)c1. The standard InChI is InChI=1S/C25H26N4O/c1-16(2)21-10-5-6-11-22(21)24-26-14-19-13-23(30)29(25(19)28-24)15-18-8-7-9-20(12-18)27-17(3)4/h5-12,14,16,27H,3,13,15H2,1-2,4H3. The molecular weight excluding hydrogens is 372 g/mol. The van der Waals surface area contributed by atoms with Crippen LogP contribution in [0.3, 0.4) is 0 Å². The fourth-order valence-corrected chi connectivity index (χ4v) is 3.81. The van der Waals surface area contributed by atoms with E-state index < -0.39 is 0 Å². The van der Waals surface area contributed by atoms with Crippen LogP contribution < -0.4 is 10.2 Å². The lowest BCUT2D eigenvalue weighted by Crippen LogP contribution is -2.26. The highest BCUT2D eigenvalue weighted by Crippen LogP contribution is 2.32. The zero-order valence-electron chi connectivity index (χ0n) is 17.6.